The summed E-state index contributed by atoms with van der Waals surface area (Å²) in [5, 5.41) is 2.01. The minimum atomic E-state index is -0.345. The van der Waals surface area contributed by atoms with Gasteiger partial charge in [0.2, 0.25) is 0 Å². The summed E-state index contributed by atoms with van der Waals surface area (Å²) in [7, 11) is 0. The van der Waals surface area contributed by atoms with E-state index >= 15 is 0 Å². The maximum atomic E-state index is 12.7. The summed E-state index contributed by atoms with van der Waals surface area (Å²) < 4.78 is 12.3. The Hall–Kier alpha value is -2.21. The van der Waals surface area contributed by atoms with E-state index in [9.17, 15) is 4.79 Å². The molecule has 1 saturated heterocycles. The Morgan fingerprint density at radius 3 is 2.52 bits per heavy atom. The van der Waals surface area contributed by atoms with E-state index in [2.05, 4.69) is 33.0 Å². The van der Waals surface area contributed by atoms with Gasteiger partial charge in [-0.3, -0.25) is 4.90 Å². The molecule has 3 aromatic carbocycles. The maximum Gasteiger partial charge on any atom is 0.343 e. The van der Waals surface area contributed by atoms with Gasteiger partial charge in [0.15, 0.2) is 0 Å². The van der Waals surface area contributed by atoms with Crippen LogP contribution in [0.1, 0.15) is 15.9 Å². The number of benzene rings is 3. The fraction of sp³-hybridized carbons (Fsp3) is 0.227. The Kier molecular flexibility index (Phi) is 5.53. The van der Waals surface area contributed by atoms with Crippen LogP contribution < -0.4 is 4.74 Å². The molecule has 0 spiro atoms. The van der Waals surface area contributed by atoms with Crippen molar-refractivity contribution >= 4 is 32.7 Å². The maximum absolute atomic E-state index is 12.7. The molecule has 1 fully saturated rings. The van der Waals surface area contributed by atoms with E-state index < -0.39 is 0 Å². The number of esters is 1. The molecule has 0 unspecified atom stereocenters. The molecule has 0 N–H and O–H groups in total. The van der Waals surface area contributed by atoms with Gasteiger partial charge in [-0.05, 0) is 29.7 Å². The Morgan fingerprint density at radius 2 is 1.74 bits per heavy atom. The average molecular weight is 426 g/mol. The molecule has 27 heavy (non-hydrogen) atoms. The molecule has 138 valence electrons. The van der Waals surface area contributed by atoms with Crippen LogP contribution in [0, 0.1) is 0 Å². The monoisotopic (exact) mass is 425 g/mol. The third-order valence-corrected chi connectivity index (χ3v) is 5.26. The van der Waals surface area contributed by atoms with Gasteiger partial charge in [-0.15, -0.1) is 0 Å². The number of hydrogen-bond donors (Lipinski definition) is 0. The largest absolute Gasteiger partial charge is 0.422 e. The van der Waals surface area contributed by atoms with Crippen molar-refractivity contribution in [1.29, 1.82) is 0 Å². The van der Waals surface area contributed by atoms with Crippen molar-refractivity contribution in [2.45, 2.75) is 6.54 Å². The Balaban J connectivity index is 1.68. The molecule has 0 amide bonds. The molecule has 1 heterocycles. The van der Waals surface area contributed by atoms with E-state index in [0.717, 1.165) is 53.7 Å². The fourth-order valence-corrected chi connectivity index (χ4v) is 3.54. The Bertz CT molecular complexity index is 949. The highest BCUT2D eigenvalue weighted by atomic mass is 79.9. The number of ether oxygens (including phenoxy) is 2. The van der Waals surface area contributed by atoms with Crippen molar-refractivity contribution in [3.63, 3.8) is 0 Å². The molecule has 1 aliphatic rings. The van der Waals surface area contributed by atoms with Crippen LogP contribution in [0.3, 0.4) is 0 Å². The number of halogens is 1. The van der Waals surface area contributed by atoms with E-state index in [-0.39, 0.29) is 5.97 Å². The van der Waals surface area contributed by atoms with Gasteiger partial charge in [0, 0.05) is 35.1 Å². The first-order valence-corrected chi connectivity index (χ1v) is 9.78. The number of morpholine rings is 1. The van der Waals surface area contributed by atoms with Crippen molar-refractivity contribution in [1.82, 2.24) is 4.90 Å². The minimum absolute atomic E-state index is 0.345. The van der Waals surface area contributed by atoms with E-state index in [4.69, 9.17) is 9.47 Å². The molecular weight excluding hydrogens is 406 g/mol. The van der Waals surface area contributed by atoms with Gasteiger partial charge in [0.1, 0.15) is 5.75 Å². The van der Waals surface area contributed by atoms with Crippen molar-refractivity contribution in [3.05, 3.63) is 76.3 Å². The van der Waals surface area contributed by atoms with Crippen LogP contribution in [0.5, 0.6) is 5.75 Å². The van der Waals surface area contributed by atoms with Gasteiger partial charge in [0.25, 0.3) is 0 Å². The van der Waals surface area contributed by atoms with Gasteiger partial charge >= 0.3 is 5.97 Å². The third-order valence-electron chi connectivity index (χ3n) is 4.73. The summed E-state index contributed by atoms with van der Waals surface area (Å²) >= 11 is 3.39. The zero-order valence-corrected chi connectivity index (χ0v) is 16.4. The van der Waals surface area contributed by atoms with Crippen molar-refractivity contribution < 1.29 is 14.3 Å². The molecule has 0 saturated carbocycles. The number of hydrogen-bond acceptors (Lipinski definition) is 4. The highest BCUT2D eigenvalue weighted by molar-refractivity contribution is 9.10. The predicted octanol–water partition coefficient (Wildman–Crippen LogP) is 4.65. The van der Waals surface area contributed by atoms with Gasteiger partial charge in [0.05, 0.1) is 18.8 Å². The highest BCUT2D eigenvalue weighted by Crippen LogP contribution is 2.32. The van der Waals surface area contributed by atoms with Crippen LogP contribution >= 0.6 is 15.9 Å². The first-order valence-electron chi connectivity index (χ1n) is 8.99. The van der Waals surface area contributed by atoms with Crippen molar-refractivity contribution in [2.24, 2.45) is 0 Å². The number of rotatable bonds is 4. The standard InChI is InChI=1S/C22H20BrNO3/c23-19-9-7-17(8-10-19)22(25)27-21-18(15-24-11-13-26-14-12-24)6-5-16-3-1-2-4-20(16)21/h1-10H,11-15H2. The first kappa shape index (κ1) is 18.2. The number of carbonyl (C=O) groups excluding carboxylic acids is 1. The lowest BCUT2D eigenvalue weighted by Gasteiger charge is -2.27. The minimum Gasteiger partial charge on any atom is -0.422 e. The zero-order chi connectivity index (χ0) is 18.6. The molecule has 0 bridgehead atoms. The Morgan fingerprint density at radius 1 is 1.00 bits per heavy atom. The first-order chi connectivity index (χ1) is 13.2. The summed E-state index contributed by atoms with van der Waals surface area (Å²) in [5.74, 6) is 0.301. The average Bonchev–Trinajstić information content (AvgIpc) is 2.71. The molecule has 5 heteroatoms. The normalized spacial score (nSPS) is 15.0. The molecule has 0 aromatic heterocycles. The summed E-state index contributed by atoms with van der Waals surface area (Å²) in [5.41, 5.74) is 1.55. The highest BCUT2D eigenvalue weighted by Gasteiger charge is 2.18. The molecule has 0 atom stereocenters. The number of carbonyl (C=O) groups is 1. The zero-order valence-electron chi connectivity index (χ0n) is 14.9. The summed E-state index contributed by atoms with van der Waals surface area (Å²) in [4.78, 5) is 15.1. The summed E-state index contributed by atoms with van der Waals surface area (Å²) in [6, 6.07) is 19.3. The van der Waals surface area contributed by atoms with Crippen molar-refractivity contribution in [3.8, 4) is 5.75 Å². The molecule has 1 aliphatic heterocycles. The van der Waals surface area contributed by atoms with Crippen molar-refractivity contribution in [2.75, 3.05) is 26.3 Å². The summed E-state index contributed by atoms with van der Waals surface area (Å²) in [6.45, 7) is 3.97. The SMILES string of the molecule is O=C(Oc1c(CN2CCOCC2)ccc2ccccc12)c1ccc(Br)cc1. The van der Waals surface area contributed by atoms with Gasteiger partial charge in [-0.1, -0.05) is 52.3 Å². The topological polar surface area (TPSA) is 38.8 Å². The van der Waals surface area contributed by atoms with Crippen LogP contribution in [0.15, 0.2) is 65.1 Å². The third kappa shape index (κ3) is 4.21. The molecule has 0 radical (unpaired) electrons. The fourth-order valence-electron chi connectivity index (χ4n) is 3.27. The smallest absolute Gasteiger partial charge is 0.343 e. The Labute approximate surface area is 166 Å². The quantitative estimate of drug-likeness (QED) is 0.450. The molecule has 4 rings (SSSR count). The van der Waals surface area contributed by atoms with Crippen LogP contribution in [0.4, 0.5) is 0 Å². The van der Waals surface area contributed by atoms with E-state index in [1.54, 1.807) is 12.1 Å². The van der Waals surface area contributed by atoms with E-state index in [1.807, 2.05) is 36.4 Å². The second-order valence-corrected chi connectivity index (χ2v) is 7.48. The molecule has 4 nitrogen and oxygen atoms in total. The molecule has 3 aromatic rings. The van der Waals surface area contributed by atoms with Gasteiger partial charge in [-0.25, -0.2) is 4.79 Å². The lowest BCUT2D eigenvalue weighted by Crippen LogP contribution is -2.35. The van der Waals surface area contributed by atoms with E-state index in [1.165, 1.54) is 0 Å². The number of fused-ring (bicyclic) bond motifs is 1. The lowest BCUT2D eigenvalue weighted by atomic mass is 10.0. The second kappa shape index (κ2) is 8.21. The van der Waals surface area contributed by atoms with E-state index in [0.29, 0.717) is 11.3 Å². The van der Waals surface area contributed by atoms with Gasteiger partial charge < -0.3 is 9.47 Å². The van der Waals surface area contributed by atoms with Crippen LogP contribution in [0.25, 0.3) is 10.8 Å². The van der Waals surface area contributed by atoms with Crippen LogP contribution in [0.2, 0.25) is 0 Å². The van der Waals surface area contributed by atoms with Crippen LogP contribution in [-0.2, 0) is 11.3 Å². The predicted molar refractivity (Wildman–Crippen MR) is 109 cm³/mol. The lowest BCUT2D eigenvalue weighted by molar-refractivity contribution is 0.0337. The second-order valence-electron chi connectivity index (χ2n) is 6.56. The number of nitrogens with zero attached hydrogens (tertiary/aromatic N) is 1. The summed E-state index contributed by atoms with van der Waals surface area (Å²) in [6.07, 6.45) is 0. The van der Waals surface area contributed by atoms with Crippen LogP contribution in [-0.4, -0.2) is 37.2 Å². The molecular formula is C22H20BrNO3. The molecule has 0 aliphatic carbocycles. The van der Waals surface area contributed by atoms with Gasteiger partial charge in [-0.2, -0.15) is 0 Å².